The van der Waals surface area contributed by atoms with Crippen LogP contribution in [0.5, 0.6) is 0 Å². The molecule has 172 valence electrons. The van der Waals surface area contributed by atoms with E-state index in [4.69, 9.17) is 11.0 Å². The number of imidazole rings is 2. The number of amides is 2. The molecule has 0 saturated heterocycles. The van der Waals surface area contributed by atoms with Gasteiger partial charge in [-0.25, -0.2) is 9.97 Å². The van der Waals surface area contributed by atoms with E-state index in [9.17, 15) is 9.59 Å². The van der Waals surface area contributed by atoms with Crippen LogP contribution in [-0.2, 0) is 4.79 Å². The molecule has 2 amide bonds. The van der Waals surface area contributed by atoms with Crippen LogP contribution in [0.25, 0.3) is 16.7 Å². The third-order valence-corrected chi connectivity index (χ3v) is 4.91. The number of allylic oxidation sites excluding steroid dienone is 2. The zero-order chi connectivity index (χ0) is 24.8. The van der Waals surface area contributed by atoms with Gasteiger partial charge in [0.25, 0.3) is 11.8 Å². The number of hydrogen-bond donors (Lipinski definition) is 5. The lowest BCUT2D eigenvalue weighted by Gasteiger charge is -2.02. The van der Waals surface area contributed by atoms with Gasteiger partial charge in [-0.1, -0.05) is 30.9 Å². The summed E-state index contributed by atoms with van der Waals surface area (Å²) in [5.74, 6) is -0.403. The lowest BCUT2D eigenvalue weighted by Crippen LogP contribution is -2.14. The maximum Gasteiger partial charge on any atom is 0.260 e. The Bertz CT molecular complexity index is 1520. The number of rotatable bonds is 7. The second-order valence-corrected chi connectivity index (χ2v) is 7.33. The molecular formula is C25H20N8O2. The van der Waals surface area contributed by atoms with E-state index in [1.54, 1.807) is 60.8 Å². The standard InChI is InChI=1S/C25H20N8O2/c1-15(5-2-9-19(27)17-7-3-6-16(13-17)14-26)22(34)32-25-30-20-10-4-8-18(21(20)31-25)23(35)33-24-28-11-12-29-24/h2-13H,1,27H2,(H2,28,29,33,35)(H2,30,31,32,34)/b5-2-,19-9-. The Kier molecular flexibility index (Phi) is 6.51. The fraction of sp³-hybridized carbons (Fsp3) is 0. The van der Waals surface area contributed by atoms with Crippen LogP contribution in [0, 0.1) is 11.3 Å². The molecule has 4 aromatic rings. The molecule has 2 aromatic carbocycles. The number of aromatic amines is 2. The third kappa shape index (κ3) is 5.32. The van der Waals surface area contributed by atoms with Crippen molar-refractivity contribution in [1.82, 2.24) is 19.9 Å². The molecule has 0 fully saturated rings. The van der Waals surface area contributed by atoms with Crippen molar-refractivity contribution in [3.63, 3.8) is 0 Å². The number of nitrogens with two attached hydrogens (primary N) is 1. The monoisotopic (exact) mass is 464 g/mol. The largest absolute Gasteiger partial charge is 0.398 e. The molecule has 0 aliphatic carbocycles. The minimum absolute atomic E-state index is 0.163. The highest BCUT2D eigenvalue weighted by molar-refractivity contribution is 6.11. The number of fused-ring (bicyclic) bond motifs is 1. The second-order valence-electron chi connectivity index (χ2n) is 7.33. The first kappa shape index (κ1) is 22.8. The molecule has 0 radical (unpaired) electrons. The van der Waals surface area contributed by atoms with Crippen molar-refractivity contribution in [3.8, 4) is 6.07 Å². The first-order chi connectivity index (χ1) is 16.9. The molecule has 0 spiro atoms. The smallest absolute Gasteiger partial charge is 0.260 e. The van der Waals surface area contributed by atoms with Crippen molar-refractivity contribution in [2.45, 2.75) is 0 Å². The summed E-state index contributed by atoms with van der Waals surface area (Å²) in [5, 5.41) is 14.3. The molecular weight excluding hydrogens is 444 g/mol. The van der Waals surface area contributed by atoms with E-state index in [-0.39, 0.29) is 11.5 Å². The molecule has 0 unspecified atom stereocenters. The van der Waals surface area contributed by atoms with Crippen LogP contribution in [0.1, 0.15) is 21.5 Å². The van der Waals surface area contributed by atoms with Crippen LogP contribution in [0.15, 0.2) is 85.2 Å². The van der Waals surface area contributed by atoms with E-state index >= 15 is 0 Å². The Morgan fingerprint density at radius 3 is 2.74 bits per heavy atom. The van der Waals surface area contributed by atoms with Crippen LogP contribution in [0.4, 0.5) is 11.9 Å². The Labute approximate surface area is 199 Å². The SMILES string of the molecule is C=C(/C=C\C=C(/N)c1cccc(C#N)c1)C(=O)Nc1nc2c(C(=O)Nc3ncc[nH]3)cccc2[nH]1. The normalized spacial score (nSPS) is 11.3. The van der Waals surface area contributed by atoms with Crippen LogP contribution >= 0.6 is 0 Å². The molecule has 0 aliphatic heterocycles. The van der Waals surface area contributed by atoms with Gasteiger partial charge >= 0.3 is 0 Å². The van der Waals surface area contributed by atoms with Crippen molar-refractivity contribution < 1.29 is 9.59 Å². The Hall–Kier alpha value is -5.43. The fourth-order valence-corrected chi connectivity index (χ4v) is 3.18. The number of H-pyrrole nitrogens is 2. The van der Waals surface area contributed by atoms with Crippen LogP contribution in [0.2, 0.25) is 0 Å². The third-order valence-electron chi connectivity index (χ3n) is 4.91. The predicted octanol–water partition coefficient (Wildman–Crippen LogP) is 3.46. The van der Waals surface area contributed by atoms with E-state index < -0.39 is 11.8 Å². The fourth-order valence-electron chi connectivity index (χ4n) is 3.18. The lowest BCUT2D eigenvalue weighted by molar-refractivity contribution is -0.112. The molecule has 6 N–H and O–H groups in total. The van der Waals surface area contributed by atoms with Crippen LogP contribution in [0.3, 0.4) is 0 Å². The van der Waals surface area contributed by atoms with Gasteiger partial charge in [-0.3, -0.25) is 20.2 Å². The van der Waals surface area contributed by atoms with Crippen molar-refractivity contribution in [1.29, 1.82) is 5.26 Å². The quantitative estimate of drug-likeness (QED) is 0.207. The van der Waals surface area contributed by atoms with E-state index in [1.165, 1.54) is 12.3 Å². The average molecular weight is 464 g/mol. The van der Waals surface area contributed by atoms with Crippen molar-refractivity contribution in [2.75, 3.05) is 10.6 Å². The molecule has 10 nitrogen and oxygen atoms in total. The van der Waals surface area contributed by atoms with Crippen molar-refractivity contribution >= 4 is 40.4 Å². The van der Waals surface area contributed by atoms with E-state index in [0.717, 1.165) is 0 Å². The molecule has 0 atom stereocenters. The molecule has 0 aliphatic rings. The second kappa shape index (κ2) is 10.0. The molecule has 10 heteroatoms. The van der Waals surface area contributed by atoms with Gasteiger partial charge in [0.1, 0.15) is 5.52 Å². The number of benzene rings is 2. The Morgan fingerprint density at radius 1 is 1.14 bits per heavy atom. The number of nitrogens with one attached hydrogen (secondary N) is 4. The summed E-state index contributed by atoms with van der Waals surface area (Å²) in [6.45, 7) is 3.76. The zero-order valence-electron chi connectivity index (χ0n) is 18.4. The van der Waals surface area contributed by atoms with Gasteiger partial charge in [0.2, 0.25) is 11.9 Å². The number of nitriles is 1. The van der Waals surface area contributed by atoms with Crippen LogP contribution < -0.4 is 16.4 Å². The average Bonchev–Trinajstić information content (AvgIpc) is 3.52. The lowest BCUT2D eigenvalue weighted by atomic mass is 10.1. The number of carbonyl (C=O) groups is 2. The summed E-state index contributed by atoms with van der Waals surface area (Å²) in [4.78, 5) is 39.2. The summed E-state index contributed by atoms with van der Waals surface area (Å²) in [6, 6.07) is 14.0. The number of nitrogens with zero attached hydrogens (tertiary/aromatic N) is 3. The summed E-state index contributed by atoms with van der Waals surface area (Å²) >= 11 is 0. The Morgan fingerprint density at radius 2 is 1.97 bits per heavy atom. The van der Waals surface area contributed by atoms with Gasteiger partial charge in [0, 0.05) is 23.7 Å². The van der Waals surface area contributed by atoms with Gasteiger partial charge in [0.15, 0.2) is 0 Å². The summed E-state index contributed by atoms with van der Waals surface area (Å²) in [6.07, 6.45) is 7.82. The number of carbonyl (C=O) groups excluding carboxylic acids is 2. The number of hydrogen-bond acceptors (Lipinski definition) is 6. The topological polar surface area (TPSA) is 165 Å². The van der Waals surface area contributed by atoms with Gasteiger partial charge in [0.05, 0.1) is 22.7 Å². The molecule has 35 heavy (non-hydrogen) atoms. The van der Waals surface area contributed by atoms with Gasteiger partial charge in [-0.05, 0) is 42.0 Å². The number of anilines is 2. The maximum atomic E-state index is 12.6. The minimum atomic E-state index is -0.486. The Balaban J connectivity index is 1.44. The first-order valence-electron chi connectivity index (χ1n) is 10.4. The van der Waals surface area contributed by atoms with E-state index in [2.05, 4.69) is 43.2 Å². The highest BCUT2D eigenvalue weighted by atomic mass is 16.2. The molecule has 2 aromatic heterocycles. The highest BCUT2D eigenvalue weighted by Crippen LogP contribution is 2.20. The van der Waals surface area contributed by atoms with Crippen LogP contribution in [-0.4, -0.2) is 31.8 Å². The number of aromatic nitrogens is 4. The molecule has 0 bridgehead atoms. The van der Waals surface area contributed by atoms with E-state index in [1.807, 2.05) is 0 Å². The highest BCUT2D eigenvalue weighted by Gasteiger charge is 2.16. The minimum Gasteiger partial charge on any atom is -0.398 e. The number of para-hydroxylation sites is 1. The van der Waals surface area contributed by atoms with E-state index in [0.29, 0.717) is 39.4 Å². The summed E-state index contributed by atoms with van der Waals surface area (Å²) in [7, 11) is 0. The van der Waals surface area contributed by atoms with Gasteiger partial charge < -0.3 is 15.7 Å². The summed E-state index contributed by atoms with van der Waals surface area (Å²) in [5.41, 5.74) is 9.11. The summed E-state index contributed by atoms with van der Waals surface area (Å²) < 4.78 is 0. The molecule has 4 rings (SSSR count). The maximum absolute atomic E-state index is 12.6. The first-order valence-corrected chi connectivity index (χ1v) is 10.4. The van der Waals surface area contributed by atoms with Crippen molar-refractivity contribution in [2.24, 2.45) is 5.73 Å². The predicted molar refractivity (Wildman–Crippen MR) is 133 cm³/mol. The van der Waals surface area contributed by atoms with Crippen molar-refractivity contribution in [3.05, 3.63) is 102 Å². The molecule has 0 saturated carbocycles. The van der Waals surface area contributed by atoms with Gasteiger partial charge in [-0.2, -0.15) is 5.26 Å². The molecule has 2 heterocycles. The van der Waals surface area contributed by atoms with Gasteiger partial charge in [-0.15, -0.1) is 0 Å². The zero-order valence-corrected chi connectivity index (χ0v) is 18.4.